The smallest absolute Gasteiger partial charge is 0.252 e. The number of likely N-dealkylation sites (tertiary alicyclic amines) is 1. The molecule has 0 saturated carbocycles. The van der Waals surface area contributed by atoms with Crippen LogP contribution in [0.25, 0.3) is 10.9 Å². The van der Waals surface area contributed by atoms with Gasteiger partial charge in [-0.2, -0.15) is 5.26 Å². The van der Waals surface area contributed by atoms with E-state index in [1.807, 2.05) is 31.2 Å². The Morgan fingerprint density at radius 2 is 2.24 bits per heavy atom. The Morgan fingerprint density at radius 1 is 1.44 bits per heavy atom. The number of nitriles is 1. The Bertz CT molecular complexity index is 877. The number of nitrogens with zero attached hydrogens (tertiary/aromatic N) is 3. The van der Waals surface area contributed by atoms with E-state index in [4.69, 9.17) is 5.26 Å². The standard InChI is InChI=1S/C18H17FN4O2/c1-11-2-3-16-15(6-11)14(4-5-21-16)18(25)22-9-17(24)23-10-12(19)7-13(23)8-20/h2-6,12-13H,7,9-10H2,1H3,(H,22,25). The van der Waals surface area contributed by atoms with Gasteiger partial charge in [-0.05, 0) is 25.1 Å². The second kappa shape index (κ2) is 6.85. The number of fused-ring (bicyclic) bond motifs is 1. The zero-order chi connectivity index (χ0) is 18.0. The summed E-state index contributed by atoms with van der Waals surface area (Å²) in [6.45, 7) is 1.53. The number of benzene rings is 1. The van der Waals surface area contributed by atoms with E-state index in [0.717, 1.165) is 5.56 Å². The van der Waals surface area contributed by atoms with Gasteiger partial charge in [0, 0.05) is 18.0 Å². The molecule has 0 aliphatic carbocycles. The number of halogens is 1. The number of aromatic nitrogens is 1. The van der Waals surface area contributed by atoms with Gasteiger partial charge in [0.25, 0.3) is 5.91 Å². The average molecular weight is 340 g/mol. The molecule has 1 aliphatic rings. The zero-order valence-electron chi connectivity index (χ0n) is 13.7. The molecule has 0 radical (unpaired) electrons. The summed E-state index contributed by atoms with van der Waals surface area (Å²) in [6.07, 6.45) is 0.357. The van der Waals surface area contributed by atoms with Gasteiger partial charge in [-0.1, -0.05) is 11.6 Å². The highest BCUT2D eigenvalue weighted by atomic mass is 19.1. The summed E-state index contributed by atoms with van der Waals surface area (Å²) in [5.41, 5.74) is 2.10. The van der Waals surface area contributed by atoms with Crippen molar-refractivity contribution in [1.29, 1.82) is 5.26 Å². The molecule has 2 heterocycles. The van der Waals surface area contributed by atoms with E-state index < -0.39 is 24.0 Å². The number of nitrogens with one attached hydrogen (secondary N) is 1. The van der Waals surface area contributed by atoms with Crippen LogP contribution in [0.1, 0.15) is 22.3 Å². The molecule has 7 heteroatoms. The topological polar surface area (TPSA) is 86.1 Å². The van der Waals surface area contributed by atoms with E-state index in [-0.39, 0.29) is 19.5 Å². The van der Waals surface area contributed by atoms with Gasteiger partial charge in [-0.25, -0.2) is 4.39 Å². The highest BCUT2D eigenvalue weighted by Crippen LogP contribution is 2.20. The van der Waals surface area contributed by atoms with Gasteiger partial charge in [-0.15, -0.1) is 0 Å². The third-order valence-electron chi connectivity index (χ3n) is 4.26. The number of carbonyl (C=O) groups excluding carboxylic acids is 2. The number of pyridine rings is 1. The Labute approximate surface area is 144 Å². The SMILES string of the molecule is Cc1ccc2nccc(C(=O)NCC(=O)N3CC(F)CC3C#N)c2c1. The molecule has 2 unspecified atom stereocenters. The van der Waals surface area contributed by atoms with Crippen LogP contribution in [0.2, 0.25) is 0 Å². The first-order valence-corrected chi connectivity index (χ1v) is 7.96. The molecule has 2 aromatic rings. The molecule has 0 spiro atoms. The van der Waals surface area contributed by atoms with Crippen LogP contribution >= 0.6 is 0 Å². The van der Waals surface area contributed by atoms with Crippen molar-refractivity contribution < 1.29 is 14.0 Å². The van der Waals surface area contributed by atoms with Crippen molar-refractivity contribution in [2.45, 2.75) is 25.6 Å². The summed E-state index contributed by atoms with van der Waals surface area (Å²) in [5.74, 6) is -0.870. The Morgan fingerprint density at radius 3 is 3.00 bits per heavy atom. The van der Waals surface area contributed by atoms with E-state index in [9.17, 15) is 14.0 Å². The fourth-order valence-electron chi connectivity index (χ4n) is 2.99. The molecule has 6 nitrogen and oxygen atoms in total. The summed E-state index contributed by atoms with van der Waals surface area (Å²) < 4.78 is 13.4. The van der Waals surface area contributed by atoms with Crippen LogP contribution in [0, 0.1) is 18.3 Å². The number of hydrogen-bond donors (Lipinski definition) is 1. The molecule has 25 heavy (non-hydrogen) atoms. The fraction of sp³-hybridized carbons (Fsp3) is 0.333. The fourth-order valence-corrected chi connectivity index (χ4v) is 2.99. The van der Waals surface area contributed by atoms with Gasteiger partial charge < -0.3 is 10.2 Å². The third kappa shape index (κ3) is 3.43. The van der Waals surface area contributed by atoms with Gasteiger partial charge in [0.2, 0.25) is 5.91 Å². The minimum Gasteiger partial charge on any atom is -0.343 e. The number of carbonyl (C=O) groups is 2. The maximum absolute atomic E-state index is 13.4. The normalized spacial score (nSPS) is 19.6. The van der Waals surface area contributed by atoms with Crippen LogP contribution in [0.5, 0.6) is 0 Å². The predicted molar refractivity (Wildman–Crippen MR) is 89.4 cm³/mol. The maximum Gasteiger partial charge on any atom is 0.252 e. The summed E-state index contributed by atoms with van der Waals surface area (Å²) in [4.78, 5) is 30.1. The molecule has 2 atom stereocenters. The molecular weight excluding hydrogens is 323 g/mol. The first-order valence-electron chi connectivity index (χ1n) is 7.96. The lowest BCUT2D eigenvalue weighted by atomic mass is 10.1. The van der Waals surface area contributed by atoms with Crippen LogP contribution in [-0.4, -0.2) is 47.0 Å². The molecule has 128 valence electrons. The van der Waals surface area contributed by atoms with Crippen molar-refractivity contribution >= 4 is 22.7 Å². The van der Waals surface area contributed by atoms with Crippen molar-refractivity contribution in [2.24, 2.45) is 0 Å². The van der Waals surface area contributed by atoms with Crippen molar-refractivity contribution in [1.82, 2.24) is 15.2 Å². The molecule has 1 saturated heterocycles. The van der Waals surface area contributed by atoms with Crippen molar-refractivity contribution in [3.05, 3.63) is 41.6 Å². The molecule has 0 bridgehead atoms. The van der Waals surface area contributed by atoms with E-state index >= 15 is 0 Å². The molecule has 1 aromatic carbocycles. The third-order valence-corrected chi connectivity index (χ3v) is 4.26. The summed E-state index contributed by atoms with van der Waals surface area (Å²) in [7, 11) is 0. The average Bonchev–Trinajstić information content (AvgIpc) is 2.99. The quantitative estimate of drug-likeness (QED) is 0.922. The molecule has 1 aromatic heterocycles. The highest BCUT2D eigenvalue weighted by Gasteiger charge is 2.35. The summed E-state index contributed by atoms with van der Waals surface area (Å²) >= 11 is 0. The monoisotopic (exact) mass is 340 g/mol. The molecule has 1 N–H and O–H groups in total. The van der Waals surface area contributed by atoms with Crippen LogP contribution in [0.3, 0.4) is 0 Å². The van der Waals surface area contributed by atoms with Gasteiger partial charge in [0.05, 0.1) is 30.2 Å². The number of alkyl halides is 1. The van der Waals surface area contributed by atoms with Gasteiger partial charge in [-0.3, -0.25) is 14.6 Å². The van der Waals surface area contributed by atoms with Crippen molar-refractivity contribution in [2.75, 3.05) is 13.1 Å². The van der Waals surface area contributed by atoms with E-state index in [1.165, 1.54) is 11.1 Å². The van der Waals surface area contributed by atoms with E-state index in [0.29, 0.717) is 16.5 Å². The lowest BCUT2D eigenvalue weighted by Crippen LogP contribution is -2.42. The molecule has 2 amide bonds. The van der Waals surface area contributed by atoms with Crippen molar-refractivity contribution in [3.8, 4) is 6.07 Å². The predicted octanol–water partition coefficient (Wildman–Crippen LogP) is 1.74. The second-order valence-electron chi connectivity index (χ2n) is 6.09. The first-order chi connectivity index (χ1) is 12.0. The van der Waals surface area contributed by atoms with E-state index in [2.05, 4.69) is 10.3 Å². The molecular formula is C18H17FN4O2. The zero-order valence-corrected chi connectivity index (χ0v) is 13.7. The number of rotatable bonds is 3. The Kier molecular flexibility index (Phi) is 4.61. The molecule has 1 fully saturated rings. The summed E-state index contributed by atoms with van der Waals surface area (Å²) in [6, 6.07) is 8.33. The number of hydrogen-bond acceptors (Lipinski definition) is 4. The number of amides is 2. The van der Waals surface area contributed by atoms with Gasteiger partial charge >= 0.3 is 0 Å². The molecule has 1 aliphatic heterocycles. The van der Waals surface area contributed by atoms with Crippen LogP contribution in [0.4, 0.5) is 4.39 Å². The van der Waals surface area contributed by atoms with Crippen LogP contribution in [0.15, 0.2) is 30.5 Å². The van der Waals surface area contributed by atoms with Crippen LogP contribution < -0.4 is 5.32 Å². The highest BCUT2D eigenvalue weighted by molar-refractivity contribution is 6.07. The Hall–Kier alpha value is -3.01. The number of aryl methyl sites for hydroxylation is 1. The second-order valence-corrected chi connectivity index (χ2v) is 6.09. The largest absolute Gasteiger partial charge is 0.343 e. The lowest BCUT2D eigenvalue weighted by molar-refractivity contribution is -0.130. The van der Waals surface area contributed by atoms with Crippen molar-refractivity contribution in [3.63, 3.8) is 0 Å². The van der Waals surface area contributed by atoms with Gasteiger partial charge in [0.15, 0.2) is 0 Å². The Balaban J connectivity index is 1.72. The van der Waals surface area contributed by atoms with E-state index in [1.54, 1.807) is 6.07 Å². The minimum atomic E-state index is -1.20. The van der Waals surface area contributed by atoms with Crippen LogP contribution in [-0.2, 0) is 4.79 Å². The minimum absolute atomic E-state index is 0.0183. The van der Waals surface area contributed by atoms with Gasteiger partial charge in [0.1, 0.15) is 12.2 Å². The summed E-state index contributed by atoms with van der Waals surface area (Å²) in [5, 5.41) is 12.3. The lowest BCUT2D eigenvalue weighted by Gasteiger charge is -2.19. The first kappa shape index (κ1) is 16.8. The molecule has 3 rings (SSSR count). The maximum atomic E-state index is 13.4.